The van der Waals surface area contributed by atoms with E-state index in [4.69, 9.17) is 9.47 Å². The van der Waals surface area contributed by atoms with Gasteiger partial charge in [0.2, 0.25) is 0 Å². The highest BCUT2D eigenvalue weighted by molar-refractivity contribution is 5.88. The molecule has 0 aromatic heterocycles. The number of fused-ring (bicyclic) bond motifs is 5. The van der Waals surface area contributed by atoms with Crippen LogP contribution in [0, 0.1) is 34.0 Å². The van der Waals surface area contributed by atoms with Crippen molar-refractivity contribution in [2.24, 2.45) is 34.0 Å². The molecular formula is C32H39F3O6. The van der Waals surface area contributed by atoms with Crippen LogP contribution in [0.5, 0.6) is 0 Å². The number of hydrogen-bond donors (Lipinski definition) is 1. The Kier molecular flexibility index (Phi) is 8.61. The largest absolute Gasteiger partial charge is 0.463 e. The molecule has 6 nitrogen and oxygen atoms in total. The Morgan fingerprint density at radius 2 is 1.85 bits per heavy atom. The molecule has 0 saturated heterocycles. The number of esters is 2. The van der Waals surface area contributed by atoms with Crippen LogP contribution in [0.25, 0.3) is 6.08 Å². The van der Waals surface area contributed by atoms with Crippen LogP contribution >= 0.6 is 0 Å². The van der Waals surface area contributed by atoms with Gasteiger partial charge >= 0.3 is 18.1 Å². The summed E-state index contributed by atoms with van der Waals surface area (Å²) in [5, 5.41) is 11.5. The van der Waals surface area contributed by atoms with Gasteiger partial charge in [-0.05, 0) is 73.1 Å². The fourth-order valence-corrected chi connectivity index (χ4v) is 7.84. The molecule has 0 heterocycles. The van der Waals surface area contributed by atoms with Crippen molar-refractivity contribution in [2.45, 2.75) is 71.6 Å². The van der Waals surface area contributed by atoms with Crippen LogP contribution in [0.2, 0.25) is 0 Å². The van der Waals surface area contributed by atoms with E-state index in [1.54, 1.807) is 0 Å². The second-order valence-electron chi connectivity index (χ2n) is 12.6. The molecular weight excluding hydrogens is 537 g/mol. The number of hydrogen-bond acceptors (Lipinski definition) is 6. The van der Waals surface area contributed by atoms with Crippen LogP contribution in [0.3, 0.4) is 0 Å². The molecule has 0 radical (unpaired) electrons. The summed E-state index contributed by atoms with van der Waals surface area (Å²) in [6.45, 7) is 9.37. The summed E-state index contributed by atoms with van der Waals surface area (Å²) in [5.41, 5.74) is -2.23. The van der Waals surface area contributed by atoms with Gasteiger partial charge in [0.1, 0.15) is 5.78 Å². The van der Waals surface area contributed by atoms with E-state index in [-0.39, 0.29) is 35.7 Å². The van der Waals surface area contributed by atoms with Crippen molar-refractivity contribution in [2.75, 3.05) is 13.2 Å². The van der Waals surface area contributed by atoms with Crippen LogP contribution in [0.4, 0.5) is 13.2 Å². The zero-order valence-electron chi connectivity index (χ0n) is 23.8. The first kappa shape index (κ1) is 31.0. The number of aliphatic hydroxyl groups is 1. The number of rotatable bonds is 7. The van der Waals surface area contributed by atoms with E-state index in [0.29, 0.717) is 19.3 Å². The van der Waals surface area contributed by atoms with E-state index in [1.165, 1.54) is 18.2 Å². The SMILES string of the molecule is C=C[C@]1(C)CC[C@@H]2CC[C@]3(CCC(=O)[C@H]3[C@]2(C)COC(=O)COC(=O)/C=C/c2cccc(C(F)(F)F)c2)[C@@H](C)[C@@H]1O. The lowest BCUT2D eigenvalue weighted by Crippen LogP contribution is -2.56. The molecule has 0 amide bonds. The standard InChI is InChI=1S/C32H39F3O6/c1-5-29(3)14-11-22-12-15-31(20(2)28(29)39)16-13-24(36)27(31)30(22,4)19-41-26(38)18-40-25(37)10-9-21-7-6-8-23(17-21)32(33,34)35/h5-10,17,20,22,27-28,39H,1,11-16,18-19H2,2-4H3/b10-9+/t20-,22+,27-,28-,29+,30+,31-/m0/s1. The van der Waals surface area contributed by atoms with Gasteiger partial charge in [-0.3, -0.25) is 4.79 Å². The monoisotopic (exact) mass is 576 g/mol. The first-order chi connectivity index (χ1) is 19.2. The molecule has 4 saturated carbocycles. The predicted molar refractivity (Wildman–Crippen MR) is 146 cm³/mol. The quantitative estimate of drug-likeness (QED) is 0.237. The molecule has 9 heteroatoms. The van der Waals surface area contributed by atoms with E-state index in [9.17, 15) is 32.7 Å². The van der Waals surface area contributed by atoms with E-state index >= 15 is 0 Å². The molecule has 224 valence electrons. The van der Waals surface area contributed by atoms with Crippen LogP contribution < -0.4 is 0 Å². The highest BCUT2D eigenvalue weighted by Crippen LogP contribution is 2.66. The zero-order chi connectivity index (χ0) is 30.2. The highest BCUT2D eigenvalue weighted by atomic mass is 19.4. The molecule has 5 rings (SSSR count). The van der Waals surface area contributed by atoms with Gasteiger partial charge in [0.15, 0.2) is 6.61 Å². The van der Waals surface area contributed by atoms with Crippen LogP contribution in [0.1, 0.15) is 70.4 Å². The number of carbonyl (C=O) groups is 3. The average molecular weight is 577 g/mol. The van der Waals surface area contributed by atoms with E-state index in [0.717, 1.165) is 37.5 Å². The van der Waals surface area contributed by atoms with Gasteiger partial charge in [-0.15, -0.1) is 6.58 Å². The van der Waals surface area contributed by atoms with Crippen molar-refractivity contribution < 1.29 is 42.1 Å². The molecule has 1 spiro atoms. The minimum Gasteiger partial charge on any atom is -0.463 e. The van der Waals surface area contributed by atoms with E-state index < -0.39 is 52.6 Å². The van der Waals surface area contributed by atoms with E-state index in [1.807, 2.05) is 26.8 Å². The third kappa shape index (κ3) is 5.87. The minimum atomic E-state index is -4.51. The van der Waals surface area contributed by atoms with Crippen molar-refractivity contribution in [1.82, 2.24) is 0 Å². The van der Waals surface area contributed by atoms with Crippen LogP contribution in [0.15, 0.2) is 43.0 Å². The molecule has 1 aromatic carbocycles. The highest BCUT2D eigenvalue weighted by Gasteiger charge is 2.65. The molecule has 2 bridgehead atoms. The maximum absolute atomic E-state index is 13.4. The minimum absolute atomic E-state index is 0.0140. The maximum Gasteiger partial charge on any atom is 0.416 e. The van der Waals surface area contributed by atoms with Crippen molar-refractivity contribution in [3.05, 3.63) is 54.1 Å². The molecule has 4 aliphatic carbocycles. The summed E-state index contributed by atoms with van der Waals surface area (Å²) in [6.07, 6.45) is 3.05. The molecule has 4 aliphatic rings. The molecule has 1 aromatic rings. The number of Topliss-reactive ketones (excluding diaryl/α,β-unsaturated/α-hetero) is 1. The third-order valence-corrected chi connectivity index (χ3v) is 10.3. The zero-order valence-corrected chi connectivity index (χ0v) is 23.8. The van der Waals surface area contributed by atoms with Gasteiger partial charge in [-0.25, -0.2) is 9.59 Å². The van der Waals surface area contributed by atoms with Crippen molar-refractivity contribution in [1.29, 1.82) is 0 Å². The second-order valence-corrected chi connectivity index (χ2v) is 12.6. The molecule has 0 unspecified atom stereocenters. The Morgan fingerprint density at radius 3 is 2.54 bits per heavy atom. The number of aliphatic hydroxyl groups excluding tert-OH is 1. The smallest absolute Gasteiger partial charge is 0.416 e. The number of benzene rings is 1. The Labute approximate surface area is 239 Å². The van der Waals surface area contributed by atoms with E-state index in [2.05, 4.69) is 6.58 Å². The number of ketones is 1. The number of ether oxygens (including phenoxy) is 2. The van der Waals surface area contributed by atoms with Crippen LogP contribution in [-0.4, -0.2) is 42.1 Å². The van der Waals surface area contributed by atoms with Gasteiger partial charge in [-0.2, -0.15) is 13.2 Å². The summed E-state index contributed by atoms with van der Waals surface area (Å²) >= 11 is 0. The molecule has 0 aliphatic heterocycles. The van der Waals surface area contributed by atoms with Crippen molar-refractivity contribution in [3.63, 3.8) is 0 Å². The lowest BCUT2D eigenvalue weighted by atomic mass is 9.48. The molecule has 41 heavy (non-hydrogen) atoms. The second kappa shape index (κ2) is 11.4. The normalized spacial score (nSPS) is 35.3. The summed E-state index contributed by atoms with van der Waals surface area (Å²) in [5.74, 6) is -1.96. The molecule has 1 N–H and O–H groups in total. The summed E-state index contributed by atoms with van der Waals surface area (Å²) < 4.78 is 49.3. The lowest BCUT2D eigenvalue weighted by molar-refractivity contribution is -0.171. The number of halogens is 3. The van der Waals surface area contributed by atoms with Crippen molar-refractivity contribution >= 4 is 23.8 Å². The fourth-order valence-electron chi connectivity index (χ4n) is 7.84. The molecule has 7 atom stereocenters. The fraction of sp³-hybridized carbons (Fsp3) is 0.594. The summed E-state index contributed by atoms with van der Waals surface area (Å²) in [6, 6.07) is 4.47. The number of alkyl halides is 3. The van der Waals surface area contributed by atoms with Gasteiger partial charge in [0, 0.05) is 29.2 Å². The predicted octanol–water partition coefficient (Wildman–Crippen LogP) is 6.17. The average Bonchev–Trinajstić information content (AvgIpc) is 3.31. The topological polar surface area (TPSA) is 89.9 Å². The Bertz CT molecular complexity index is 1220. The summed E-state index contributed by atoms with van der Waals surface area (Å²) in [4.78, 5) is 38.2. The van der Waals surface area contributed by atoms with Crippen molar-refractivity contribution in [3.8, 4) is 0 Å². The Hall–Kier alpha value is -2.94. The first-order valence-corrected chi connectivity index (χ1v) is 14.2. The third-order valence-electron chi connectivity index (χ3n) is 10.3. The van der Waals surface area contributed by atoms with Gasteiger partial charge < -0.3 is 14.6 Å². The lowest BCUT2D eigenvalue weighted by Gasteiger charge is -2.55. The van der Waals surface area contributed by atoms with Gasteiger partial charge in [-0.1, -0.05) is 39.0 Å². The van der Waals surface area contributed by atoms with Gasteiger partial charge in [0.05, 0.1) is 18.3 Å². The Morgan fingerprint density at radius 1 is 1.15 bits per heavy atom. The first-order valence-electron chi connectivity index (χ1n) is 14.2. The summed E-state index contributed by atoms with van der Waals surface area (Å²) in [7, 11) is 0. The Balaban J connectivity index is 1.43. The molecule has 4 fully saturated rings. The van der Waals surface area contributed by atoms with Gasteiger partial charge in [0.25, 0.3) is 0 Å². The maximum atomic E-state index is 13.4. The number of carbonyl (C=O) groups excluding carboxylic acids is 3. The van der Waals surface area contributed by atoms with Crippen LogP contribution in [-0.2, 0) is 30.0 Å².